The van der Waals surface area contributed by atoms with Crippen molar-refractivity contribution in [3.05, 3.63) is 69.2 Å². The predicted molar refractivity (Wildman–Crippen MR) is 122 cm³/mol. The first kappa shape index (κ1) is 21.6. The van der Waals surface area contributed by atoms with E-state index in [4.69, 9.17) is 4.98 Å². The fraction of sp³-hybridized carbons (Fsp3) is 0.480. The molecule has 2 atom stereocenters. The maximum atomic E-state index is 13.2. The molecule has 8 heteroatoms. The maximum absolute atomic E-state index is 13.2. The first-order chi connectivity index (χ1) is 16.0. The van der Waals surface area contributed by atoms with E-state index in [2.05, 4.69) is 22.1 Å². The van der Waals surface area contributed by atoms with Gasteiger partial charge < -0.3 is 14.8 Å². The average Bonchev–Trinajstić information content (AvgIpc) is 3.34. The van der Waals surface area contributed by atoms with Gasteiger partial charge in [0.15, 0.2) is 0 Å². The Balaban J connectivity index is 1.36. The first-order valence-electron chi connectivity index (χ1n) is 11.8. The standard InChI is InChI=1S/C25H29N5O3/c1-16-14-26-11-9-18(16)25(33)29-13-10-20-19(15-29)23(31)28-22(27-20)21-8-5-12-30(21)24(32)17-6-3-2-4-7-17/h2-3,9,11,14,17,21H,4-8,10,12-13,15H2,1H3,(H,27,28,31). The second kappa shape index (κ2) is 8.92. The van der Waals surface area contributed by atoms with Crippen molar-refractivity contribution in [1.82, 2.24) is 24.8 Å². The van der Waals surface area contributed by atoms with Crippen LogP contribution in [-0.4, -0.2) is 49.7 Å². The van der Waals surface area contributed by atoms with Gasteiger partial charge in [-0.25, -0.2) is 4.98 Å². The van der Waals surface area contributed by atoms with E-state index in [0.29, 0.717) is 36.5 Å². The molecule has 33 heavy (non-hydrogen) atoms. The van der Waals surface area contributed by atoms with Crippen LogP contribution in [0.5, 0.6) is 0 Å². The summed E-state index contributed by atoms with van der Waals surface area (Å²) in [5.74, 6) is 0.682. The van der Waals surface area contributed by atoms with Crippen molar-refractivity contribution in [3.8, 4) is 0 Å². The highest BCUT2D eigenvalue weighted by Gasteiger charge is 2.36. The molecule has 8 nitrogen and oxygen atoms in total. The minimum atomic E-state index is -0.209. The van der Waals surface area contributed by atoms with Crippen molar-refractivity contribution in [2.45, 2.75) is 58.0 Å². The summed E-state index contributed by atoms with van der Waals surface area (Å²) in [7, 11) is 0. The number of fused-ring (bicyclic) bond motifs is 1. The number of allylic oxidation sites excluding steroid dienone is 2. The molecule has 1 saturated heterocycles. The Morgan fingerprint density at radius 2 is 2.06 bits per heavy atom. The zero-order chi connectivity index (χ0) is 22.9. The lowest BCUT2D eigenvalue weighted by atomic mass is 9.93. The van der Waals surface area contributed by atoms with E-state index in [-0.39, 0.29) is 35.9 Å². The molecule has 2 amide bonds. The van der Waals surface area contributed by atoms with Crippen molar-refractivity contribution in [2.75, 3.05) is 13.1 Å². The van der Waals surface area contributed by atoms with Crippen molar-refractivity contribution < 1.29 is 9.59 Å². The summed E-state index contributed by atoms with van der Waals surface area (Å²) >= 11 is 0. The third kappa shape index (κ3) is 4.10. The Morgan fingerprint density at radius 1 is 1.18 bits per heavy atom. The summed E-state index contributed by atoms with van der Waals surface area (Å²) in [6.07, 6.45) is 12.4. The number of rotatable bonds is 3. The van der Waals surface area contributed by atoms with Gasteiger partial charge in [0, 0.05) is 43.4 Å². The number of aromatic nitrogens is 3. The van der Waals surface area contributed by atoms with Gasteiger partial charge in [-0.3, -0.25) is 19.4 Å². The van der Waals surface area contributed by atoms with Crippen molar-refractivity contribution in [1.29, 1.82) is 0 Å². The Bertz CT molecular complexity index is 1170. The number of nitrogens with zero attached hydrogens (tertiary/aromatic N) is 4. The zero-order valence-corrected chi connectivity index (χ0v) is 18.9. The van der Waals surface area contributed by atoms with Crippen LogP contribution in [0.15, 0.2) is 35.4 Å². The van der Waals surface area contributed by atoms with Gasteiger partial charge in [-0.1, -0.05) is 12.2 Å². The molecule has 0 radical (unpaired) electrons. The topological polar surface area (TPSA) is 99.3 Å². The normalized spacial score (nSPS) is 22.3. The number of aromatic amines is 1. The number of aryl methyl sites for hydroxylation is 1. The van der Waals surface area contributed by atoms with Gasteiger partial charge in [0.1, 0.15) is 5.82 Å². The molecule has 172 valence electrons. The Hall–Kier alpha value is -3.29. The van der Waals surface area contributed by atoms with Crippen LogP contribution in [0.2, 0.25) is 0 Å². The Morgan fingerprint density at radius 3 is 2.85 bits per heavy atom. The minimum absolute atomic E-state index is 0.0242. The van der Waals surface area contributed by atoms with E-state index in [9.17, 15) is 14.4 Å². The second-order valence-electron chi connectivity index (χ2n) is 9.21. The summed E-state index contributed by atoms with van der Waals surface area (Å²) in [5.41, 5.74) is 2.49. The quantitative estimate of drug-likeness (QED) is 0.730. The molecule has 0 aromatic carbocycles. The predicted octanol–water partition coefficient (Wildman–Crippen LogP) is 2.69. The van der Waals surface area contributed by atoms with E-state index in [1.165, 1.54) is 0 Å². The molecular weight excluding hydrogens is 418 g/mol. The van der Waals surface area contributed by atoms with E-state index >= 15 is 0 Å². The number of hydrogen-bond acceptors (Lipinski definition) is 5. The third-order valence-electron chi connectivity index (χ3n) is 7.09. The number of nitrogens with one attached hydrogen (secondary N) is 1. The maximum Gasteiger partial charge on any atom is 0.256 e. The van der Waals surface area contributed by atoms with E-state index in [0.717, 1.165) is 43.4 Å². The summed E-state index contributed by atoms with van der Waals surface area (Å²) in [6, 6.07) is 1.53. The van der Waals surface area contributed by atoms with Crippen LogP contribution in [0, 0.1) is 12.8 Å². The van der Waals surface area contributed by atoms with Gasteiger partial charge in [-0.05, 0) is 50.7 Å². The molecule has 0 saturated carbocycles. The first-order valence-corrected chi connectivity index (χ1v) is 11.8. The van der Waals surface area contributed by atoms with Crippen LogP contribution in [0.3, 0.4) is 0 Å². The Kier molecular flexibility index (Phi) is 5.83. The van der Waals surface area contributed by atoms with Gasteiger partial charge in [0.25, 0.3) is 11.5 Å². The van der Waals surface area contributed by atoms with E-state index < -0.39 is 0 Å². The van der Waals surface area contributed by atoms with Gasteiger partial charge in [0.2, 0.25) is 5.91 Å². The number of carbonyl (C=O) groups excluding carboxylic acids is 2. The fourth-order valence-electron chi connectivity index (χ4n) is 5.23. The van der Waals surface area contributed by atoms with E-state index in [1.54, 1.807) is 23.4 Å². The highest BCUT2D eigenvalue weighted by atomic mass is 16.2. The number of hydrogen-bond donors (Lipinski definition) is 1. The molecule has 5 rings (SSSR count). The molecular formula is C25H29N5O3. The fourth-order valence-corrected chi connectivity index (χ4v) is 5.23. The minimum Gasteiger partial charge on any atom is -0.334 e. The third-order valence-corrected chi connectivity index (χ3v) is 7.09. The lowest BCUT2D eigenvalue weighted by Gasteiger charge is -2.31. The lowest BCUT2D eigenvalue weighted by molar-refractivity contribution is -0.136. The number of pyridine rings is 1. The smallest absolute Gasteiger partial charge is 0.256 e. The highest BCUT2D eigenvalue weighted by Crippen LogP contribution is 2.33. The molecule has 2 unspecified atom stereocenters. The number of carbonyl (C=O) groups is 2. The second-order valence-corrected chi connectivity index (χ2v) is 9.21. The summed E-state index contributed by atoms with van der Waals surface area (Å²) in [5, 5.41) is 0. The van der Waals surface area contributed by atoms with Gasteiger partial charge >= 0.3 is 0 Å². The lowest BCUT2D eigenvalue weighted by Crippen LogP contribution is -2.41. The largest absolute Gasteiger partial charge is 0.334 e. The van der Waals surface area contributed by atoms with Gasteiger partial charge in [-0.2, -0.15) is 0 Å². The van der Waals surface area contributed by atoms with Crippen LogP contribution in [0.4, 0.5) is 0 Å². The van der Waals surface area contributed by atoms with Crippen LogP contribution in [-0.2, 0) is 17.8 Å². The Labute approximate surface area is 192 Å². The van der Waals surface area contributed by atoms with Crippen molar-refractivity contribution >= 4 is 11.8 Å². The zero-order valence-electron chi connectivity index (χ0n) is 18.9. The molecule has 1 aliphatic carbocycles. The van der Waals surface area contributed by atoms with E-state index in [1.807, 2.05) is 11.8 Å². The summed E-state index contributed by atoms with van der Waals surface area (Å²) < 4.78 is 0. The van der Waals surface area contributed by atoms with Gasteiger partial charge in [0.05, 0.1) is 23.8 Å². The molecule has 0 bridgehead atoms. The number of amides is 2. The molecule has 2 aromatic rings. The molecule has 2 aliphatic heterocycles. The SMILES string of the molecule is Cc1cnccc1C(=O)N1CCc2nc(C3CCCN3C(=O)C3CC=CCC3)[nH]c(=O)c2C1. The van der Waals surface area contributed by atoms with Crippen LogP contribution >= 0.6 is 0 Å². The van der Waals surface area contributed by atoms with Crippen molar-refractivity contribution in [3.63, 3.8) is 0 Å². The molecule has 1 fully saturated rings. The molecule has 4 heterocycles. The summed E-state index contributed by atoms with van der Waals surface area (Å²) in [4.78, 5) is 54.6. The summed E-state index contributed by atoms with van der Waals surface area (Å²) in [6.45, 7) is 3.31. The van der Waals surface area contributed by atoms with Crippen LogP contribution < -0.4 is 5.56 Å². The molecule has 1 N–H and O–H groups in total. The monoisotopic (exact) mass is 447 g/mol. The van der Waals surface area contributed by atoms with Gasteiger partial charge in [-0.15, -0.1) is 0 Å². The number of H-pyrrole nitrogens is 1. The molecule has 2 aromatic heterocycles. The molecule has 0 spiro atoms. The number of likely N-dealkylation sites (tertiary alicyclic amines) is 1. The van der Waals surface area contributed by atoms with Crippen LogP contribution in [0.1, 0.15) is 71.1 Å². The van der Waals surface area contributed by atoms with Crippen LogP contribution in [0.25, 0.3) is 0 Å². The highest BCUT2D eigenvalue weighted by molar-refractivity contribution is 5.95. The average molecular weight is 448 g/mol. The van der Waals surface area contributed by atoms with Crippen molar-refractivity contribution in [2.24, 2.45) is 5.92 Å². The molecule has 3 aliphatic rings.